The number of hydrogen-bond donors (Lipinski definition) is 2. The van der Waals surface area contributed by atoms with E-state index >= 15 is 0 Å². The minimum absolute atomic E-state index is 0. The fourth-order valence-corrected chi connectivity index (χ4v) is 2.45. The van der Waals surface area contributed by atoms with E-state index in [-0.39, 0.29) is 12.4 Å². The largest absolute Gasteiger partial charge is 0.281 e. The van der Waals surface area contributed by atoms with E-state index in [1.54, 1.807) is 0 Å². The topological polar surface area (TPSA) is 75.6 Å². The van der Waals surface area contributed by atoms with Gasteiger partial charge >= 0.3 is 0 Å². The fraction of sp³-hybridized carbons (Fsp3) is 0. The molecule has 134 valence electrons. The smallest absolute Gasteiger partial charge is 0.167 e. The van der Waals surface area contributed by atoms with Crippen LogP contribution in [-0.4, -0.2) is 20.4 Å². The molecule has 4 rings (SSSR count). The third-order valence-corrected chi connectivity index (χ3v) is 3.79. The maximum Gasteiger partial charge on any atom is 0.167 e. The van der Waals surface area contributed by atoms with E-state index in [4.69, 9.17) is 0 Å². The van der Waals surface area contributed by atoms with Crippen molar-refractivity contribution in [2.24, 2.45) is 0 Å². The Morgan fingerprint density at radius 3 is 1.19 bits per heavy atom. The summed E-state index contributed by atoms with van der Waals surface area (Å²) in [6.07, 6.45) is 0. The Bertz CT molecular complexity index is 878. The zero-order chi connectivity index (χ0) is 17.6. The molecular formula is C20H17ClN6. The van der Waals surface area contributed by atoms with Crippen LogP contribution in [0, 0.1) is 0 Å². The van der Waals surface area contributed by atoms with Gasteiger partial charge in [-0.3, -0.25) is 10.9 Å². The molecular weight excluding hydrogens is 360 g/mol. The number of hydrogen-bond acceptors (Lipinski definition) is 6. The highest BCUT2D eigenvalue weighted by molar-refractivity contribution is 5.85. The minimum Gasteiger partial charge on any atom is -0.281 e. The lowest BCUT2D eigenvalue weighted by molar-refractivity contribution is 1.01. The Labute approximate surface area is 163 Å². The van der Waals surface area contributed by atoms with Crippen LogP contribution in [0.4, 0.5) is 11.6 Å². The van der Waals surface area contributed by atoms with Gasteiger partial charge in [0.25, 0.3) is 0 Å². The molecule has 6 nitrogen and oxygen atoms in total. The van der Waals surface area contributed by atoms with E-state index in [0.29, 0.717) is 11.6 Å². The first kappa shape index (κ1) is 18.3. The van der Waals surface area contributed by atoms with Crippen molar-refractivity contribution in [3.63, 3.8) is 0 Å². The van der Waals surface area contributed by atoms with Gasteiger partial charge in [-0.25, -0.2) is 0 Å². The molecule has 0 saturated heterocycles. The van der Waals surface area contributed by atoms with Gasteiger partial charge in [-0.15, -0.1) is 32.8 Å². The van der Waals surface area contributed by atoms with Crippen LogP contribution in [-0.2, 0) is 0 Å². The van der Waals surface area contributed by atoms with Gasteiger partial charge in [-0.2, -0.15) is 0 Å². The highest BCUT2D eigenvalue weighted by atomic mass is 35.5. The molecule has 4 aromatic rings. The number of anilines is 2. The predicted molar refractivity (Wildman–Crippen MR) is 109 cm³/mol. The number of nitrogens with zero attached hydrogens (tertiary/aromatic N) is 4. The third kappa shape index (κ3) is 4.56. The summed E-state index contributed by atoms with van der Waals surface area (Å²) in [5, 5.41) is 16.8. The Balaban J connectivity index is 0.00000210. The second-order valence-corrected chi connectivity index (χ2v) is 5.59. The third-order valence-electron chi connectivity index (χ3n) is 3.79. The molecule has 0 aliphatic rings. The molecule has 2 heterocycles. The average Bonchev–Trinajstić information content (AvgIpc) is 2.74. The predicted octanol–water partition coefficient (Wildman–Crippen LogP) is 4.46. The van der Waals surface area contributed by atoms with Gasteiger partial charge in [0.1, 0.15) is 0 Å². The summed E-state index contributed by atoms with van der Waals surface area (Å²) in [5.41, 5.74) is 9.65. The van der Waals surface area contributed by atoms with Crippen LogP contribution in [0.15, 0.2) is 84.9 Å². The average molecular weight is 377 g/mol. The lowest BCUT2D eigenvalue weighted by Crippen LogP contribution is -2.12. The van der Waals surface area contributed by atoms with Crippen molar-refractivity contribution in [2.45, 2.75) is 0 Å². The molecule has 0 bridgehead atoms. The molecule has 0 fully saturated rings. The number of rotatable bonds is 5. The van der Waals surface area contributed by atoms with E-state index in [1.807, 2.05) is 84.9 Å². The van der Waals surface area contributed by atoms with Crippen LogP contribution in [0.2, 0.25) is 0 Å². The zero-order valence-corrected chi connectivity index (χ0v) is 15.1. The first-order chi connectivity index (χ1) is 12.9. The molecule has 0 amide bonds. The summed E-state index contributed by atoms with van der Waals surface area (Å²) in [6.45, 7) is 0. The Morgan fingerprint density at radius 1 is 0.444 bits per heavy atom. The first-order valence-electron chi connectivity index (χ1n) is 8.19. The van der Waals surface area contributed by atoms with Gasteiger partial charge in [0.05, 0.1) is 11.4 Å². The van der Waals surface area contributed by atoms with Crippen molar-refractivity contribution in [2.75, 3.05) is 10.9 Å². The van der Waals surface area contributed by atoms with Crippen molar-refractivity contribution in [1.29, 1.82) is 0 Å². The van der Waals surface area contributed by atoms with Crippen LogP contribution >= 0.6 is 12.4 Å². The van der Waals surface area contributed by atoms with Crippen LogP contribution in [0.3, 0.4) is 0 Å². The molecule has 0 spiro atoms. The molecule has 7 heteroatoms. The number of aromatic nitrogens is 4. The van der Waals surface area contributed by atoms with Crippen molar-refractivity contribution in [1.82, 2.24) is 20.4 Å². The van der Waals surface area contributed by atoms with Crippen molar-refractivity contribution in [3.05, 3.63) is 84.9 Å². The van der Waals surface area contributed by atoms with E-state index in [0.717, 1.165) is 22.5 Å². The van der Waals surface area contributed by atoms with Crippen molar-refractivity contribution >= 4 is 24.0 Å². The lowest BCUT2D eigenvalue weighted by atomic mass is 10.1. The molecule has 0 aliphatic heterocycles. The number of benzene rings is 2. The van der Waals surface area contributed by atoms with Crippen LogP contribution in [0.25, 0.3) is 22.5 Å². The number of halogens is 1. The van der Waals surface area contributed by atoms with Crippen LogP contribution < -0.4 is 10.9 Å². The molecule has 2 N–H and O–H groups in total. The SMILES string of the molecule is Cl.c1ccc(-c2ccc(NNc3ccc(-c4ccccc4)nn3)nn2)cc1. The highest BCUT2D eigenvalue weighted by Crippen LogP contribution is 2.17. The van der Waals surface area contributed by atoms with Gasteiger partial charge in [0.2, 0.25) is 0 Å². The normalized spacial score (nSPS) is 9.93. The molecule has 0 atom stereocenters. The standard InChI is InChI=1S/C20H16N6.ClH/c1-3-7-15(8-4-1)17-11-13-19(23-21-17)25-26-20-14-12-18(22-24-20)16-9-5-2-6-10-16;/h1-14H,(H,23,25)(H,24,26);1H. The molecule has 0 unspecified atom stereocenters. The van der Waals surface area contributed by atoms with E-state index < -0.39 is 0 Å². The van der Waals surface area contributed by atoms with Gasteiger partial charge in [0, 0.05) is 11.1 Å². The van der Waals surface area contributed by atoms with Crippen LogP contribution in [0.1, 0.15) is 0 Å². The monoisotopic (exact) mass is 376 g/mol. The molecule has 2 aromatic heterocycles. The van der Waals surface area contributed by atoms with E-state index in [9.17, 15) is 0 Å². The summed E-state index contributed by atoms with van der Waals surface area (Å²) >= 11 is 0. The van der Waals surface area contributed by atoms with Crippen molar-refractivity contribution < 1.29 is 0 Å². The summed E-state index contributed by atoms with van der Waals surface area (Å²) in [7, 11) is 0. The molecule has 0 aliphatic carbocycles. The van der Waals surface area contributed by atoms with Crippen LogP contribution in [0.5, 0.6) is 0 Å². The van der Waals surface area contributed by atoms with Gasteiger partial charge in [0.15, 0.2) is 11.6 Å². The minimum atomic E-state index is 0. The summed E-state index contributed by atoms with van der Waals surface area (Å²) in [4.78, 5) is 0. The number of hydrazine groups is 1. The van der Waals surface area contributed by atoms with Crippen molar-refractivity contribution in [3.8, 4) is 22.5 Å². The highest BCUT2D eigenvalue weighted by Gasteiger charge is 2.02. The Hall–Kier alpha value is -3.51. The summed E-state index contributed by atoms with van der Waals surface area (Å²) < 4.78 is 0. The van der Waals surface area contributed by atoms with E-state index in [1.165, 1.54) is 0 Å². The second kappa shape index (κ2) is 8.73. The Kier molecular flexibility index (Phi) is 5.91. The number of nitrogens with one attached hydrogen (secondary N) is 2. The summed E-state index contributed by atoms with van der Waals surface area (Å²) in [5.74, 6) is 1.19. The maximum atomic E-state index is 4.23. The summed E-state index contributed by atoms with van der Waals surface area (Å²) in [6, 6.07) is 27.4. The molecule has 27 heavy (non-hydrogen) atoms. The maximum absolute atomic E-state index is 4.23. The zero-order valence-electron chi connectivity index (χ0n) is 14.3. The lowest BCUT2D eigenvalue weighted by Gasteiger charge is -2.08. The Morgan fingerprint density at radius 2 is 0.852 bits per heavy atom. The fourth-order valence-electron chi connectivity index (χ4n) is 2.45. The van der Waals surface area contributed by atoms with Gasteiger partial charge in [-0.05, 0) is 24.3 Å². The molecule has 0 saturated carbocycles. The molecule has 0 radical (unpaired) electrons. The van der Waals surface area contributed by atoms with Gasteiger partial charge in [-0.1, -0.05) is 60.7 Å². The second-order valence-electron chi connectivity index (χ2n) is 5.59. The van der Waals surface area contributed by atoms with E-state index in [2.05, 4.69) is 31.2 Å². The van der Waals surface area contributed by atoms with Gasteiger partial charge < -0.3 is 0 Å². The first-order valence-corrected chi connectivity index (χ1v) is 8.19. The quantitative estimate of drug-likeness (QED) is 0.501. The molecule has 2 aromatic carbocycles.